The van der Waals surface area contributed by atoms with E-state index in [2.05, 4.69) is 9.72 Å². The van der Waals surface area contributed by atoms with Crippen LogP contribution in [-0.2, 0) is 0 Å². The van der Waals surface area contributed by atoms with Gasteiger partial charge < -0.3 is 4.74 Å². The summed E-state index contributed by atoms with van der Waals surface area (Å²) >= 11 is 5.51. The monoisotopic (exact) mass is 243 g/mol. The molecule has 0 unspecified atom stereocenters. The van der Waals surface area contributed by atoms with E-state index in [1.807, 2.05) is 0 Å². The summed E-state index contributed by atoms with van der Waals surface area (Å²) in [6.45, 7) is -1.46. The van der Waals surface area contributed by atoms with Crippen molar-refractivity contribution in [3.63, 3.8) is 0 Å². The van der Waals surface area contributed by atoms with Crippen molar-refractivity contribution in [3.05, 3.63) is 23.4 Å². The Morgan fingerprint density at radius 1 is 1.47 bits per heavy atom. The van der Waals surface area contributed by atoms with Crippen molar-refractivity contribution < 1.29 is 22.3 Å². The van der Waals surface area contributed by atoms with Crippen LogP contribution in [0.2, 0.25) is 5.02 Å². The molecule has 0 aromatic carbocycles. The highest BCUT2D eigenvalue weighted by Crippen LogP contribution is 2.26. The van der Waals surface area contributed by atoms with Gasteiger partial charge in [-0.3, -0.25) is 0 Å². The highest BCUT2D eigenvalue weighted by Gasteiger charge is 2.41. The molecule has 0 saturated heterocycles. The Morgan fingerprint density at radius 3 is 2.67 bits per heavy atom. The third-order valence-electron chi connectivity index (χ3n) is 1.45. The van der Waals surface area contributed by atoms with Gasteiger partial charge in [-0.15, -0.1) is 0 Å². The van der Waals surface area contributed by atoms with Gasteiger partial charge in [0.2, 0.25) is 5.88 Å². The van der Waals surface area contributed by atoms with Crippen LogP contribution >= 0.6 is 11.6 Å². The fourth-order valence-corrected chi connectivity index (χ4v) is 0.881. The first-order valence-corrected chi connectivity index (χ1v) is 4.20. The molecule has 0 aliphatic carbocycles. The van der Waals surface area contributed by atoms with Crippen molar-refractivity contribution in [1.82, 2.24) is 4.98 Å². The van der Waals surface area contributed by atoms with Crippen molar-refractivity contribution >= 4 is 11.6 Å². The lowest BCUT2D eigenvalue weighted by atomic mass is 10.4. The van der Waals surface area contributed by atoms with Crippen molar-refractivity contribution in [3.8, 4) is 5.88 Å². The van der Waals surface area contributed by atoms with Crippen LogP contribution in [0.5, 0.6) is 5.88 Å². The second-order valence-corrected chi connectivity index (χ2v) is 3.05. The van der Waals surface area contributed by atoms with Gasteiger partial charge in [-0.05, 0) is 12.1 Å². The smallest absolute Gasteiger partial charge is 0.340 e. The molecule has 1 heterocycles. The summed E-state index contributed by atoms with van der Waals surface area (Å²) in [5.74, 6) is -4.50. The summed E-state index contributed by atoms with van der Waals surface area (Å²) in [4.78, 5) is 3.51. The fraction of sp³-hybridized carbons (Fsp3) is 0.375. The number of ether oxygens (including phenoxy) is 1. The quantitative estimate of drug-likeness (QED) is 0.759. The van der Waals surface area contributed by atoms with Crippen LogP contribution in [-0.4, -0.2) is 23.9 Å². The number of rotatable bonds is 4. The molecule has 0 saturated carbocycles. The van der Waals surface area contributed by atoms with Gasteiger partial charge in [-0.2, -0.15) is 8.78 Å². The topological polar surface area (TPSA) is 22.1 Å². The third-order valence-corrected chi connectivity index (χ3v) is 1.73. The maximum atomic E-state index is 12.4. The van der Waals surface area contributed by atoms with Gasteiger partial charge in [0.15, 0.2) is 6.61 Å². The average molecular weight is 244 g/mol. The highest BCUT2D eigenvalue weighted by atomic mass is 35.5. The first-order valence-electron chi connectivity index (χ1n) is 3.83. The maximum absolute atomic E-state index is 12.4. The molecule has 0 N–H and O–H groups in total. The van der Waals surface area contributed by atoms with Gasteiger partial charge in [0.25, 0.3) is 0 Å². The van der Waals surface area contributed by atoms with Gasteiger partial charge in [-0.25, -0.2) is 13.8 Å². The Bertz CT molecular complexity index is 334. The molecule has 0 radical (unpaired) electrons. The minimum Gasteiger partial charge on any atom is -0.470 e. The van der Waals surface area contributed by atoms with E-state index >= 15 is 0 Å². The maximum Gasteiger partial charge on any atom is 0.340 e. The van der Waals surface area contributed by atoms with E-state index in [-0.39, 0.29) is 10.9 Å². The SMILES string of the molecule is FC(F)C(F)(F)COc1ncccc1Cl. The number of hydrogen-bond donors (Lipinski definition) is 0. The third kappa shape index (κ3) is 3.23. The predicted octanol–water partition coefficient (Wildman–Crippen LogP) is 3.01. The van der Waals surface area contributed by atoms with Crippen LogP contribution in [0, 0.1) is 0 Å². The zero-order valence-electron chi connectivity index (χ0n) is 7.26. The lowest BCUT2D eigenvalue weighted by molar-refractivity contribution is -0.148. The minimum absolute atomic E-state index is 0.0115. The lowest BCUT2D eigenvalue weighted by Gasteiger charge is -2.15. The van der Waals surface area contributed by atoms with Gasteiger partial charge in [0.1, 0.15) is 5.02 Å². The number of hydrogen-bond acceptors (Lipinski definition) is 2. The molecule has 2 nitrogen and oxygen atoms in total. The van der Waals surface area contributed by atoms with Crippen molar-refractivity contribution in [2.75, 3.05) is 6.61 Å². The fourth-order valence-electron chi connectivity index (χ4n) is 0.705. The molecule has 15 heavy (non-hydrogen) atoms. The highest BCUT2D eigenvalue weighted by molar-refractivity contribution is 6.31. The Hall–Kier alpha value is -1.04. The van der Waals surface area contributed by atoms with Crippen LogP contribution in [0.25, 0.3) is 0 Å². The molecule has 0 fully saturated rings. The molecule has 0 aliphatic rings. The molecule has 1 aromatic rings. The zero-order chi connectivity index (χ0) is 11.5. The summed E-state index contributed by atoms with van der Waals surface area (Å²) in [5, 5.41) is -0.0115. The molecule has 1 rings (SSSR count). The number of nitrogens with zero attached hydrogens (tertiary/aromatic N) is 1. The summed E-state index contributed by atoms with van der Waals surface area (Å²) in [5.41, 5.74) is 0. The Morgan fingerprint density at radius 2 is 2.13 bits per heavy atom. The number of pyridine rings is 1. The van der Waals surface area contributed by atoms with E-state index < -0.39 is 19.0 Å². The molecule has 0 spiro atoms. The molecule has 84 valence electrons. The first-order chi connectivity index (χ1) is 6.93. The molecule has 7 heteroatoms. The summed E-state index contributed by atoms with van der Waals surface area (Å²) < 4.78 is 52.7. The van der Waals surface area contributed by atoms with Crippen LogP contribution < -0.4 is 4.74 Å². The second kappa shape index (κ2) is 4.65. The average Bonchev–Trinajstić information content (AvgIpc) is 2.16. The largest absolute Gasteiger partial charge is 0.470 e. The van der Waals surface area contributed by atoms with Crippen LogP contribution in [0.1, 0.15) is 0 Å². The summed E-state index contributed by atoms with van der Waals surface area (Å²) in [6.07, 6.45) is -2.53. The van der Waals surface area contributed by atoms with Gasteiger partial charge >= 0.3 is 12.3 Å². The van der Waals surface area contributed by atoms with Crippen LogP contribution in [0.4, 0.5) is 17.6 Å². The summed E-state index contributed by atoms with van der Waals surface area (Å²) in [6, 6.07) is 2.81. The first kappa shape index (κ1) is 12.0. The molecule has 0 amide bonds. The normalized spacial score (nSPS) is 11.9. The van der Waals surface area contributed by atoms with Crippen molar-refractivity contribution in [2.24, 2.45) is 0 Å². The van der Waals surface area contributed by atoms with E-state index in [4.69, 9.17) is 11.6 Å². The molecule has 0 atom stereocenters. The Kier molecular flexibility index (Phi) is 3.73. The molecule has 0 aliphatic heterocycles. The van der Waals surface area contributed by atoms with E-state index in [0.29, 0.717) is 0 Å². The predicted molar refractivity (Wildman–Crippen MR) is 45.7 cm³/mol. The van der Waals surface area contributed by atoms with Gasteiger partial charge in [0.05, 0.1) is 0 Å². The Balaban J connectivity index is 2.62. The number of alkyl halides is 4. The second-order valence-electron chi connectivity index (χ2n) is 2.64. The zero-order valence-corrected chi connectivity index (χ0v) is 8.02. The molecular formula is C8H6ClF4NO. The van der Waals surface area contributed by atoms with Crippen molar-refractivity contribution in [2.45, 2.75) is 12.3 Å². The number of halogens is 5. The van der Waals surface area contributed by atoms with Crippen LogP contribution in [0.15, 0.2) is 18.3 Å². The van der Waals surface area contributed by atoms with E-state index in [1.165, 1.54) is 18.3 Å². The van der Waals surface area contributed by atoms with Gasteiger partial charge in [0, 0.05) is 6.20 Å². The Labute approximate surface area is 87.8 Å². The van der Waals surface area contributed by atoms with E-state index in [9.17, 15) is 17.6 Å². The van der Waals surface area contributed by atoms with E-state index in [0.717, 1.165) is 0 Å². The lowest BCUT2D eigenvalue weighted by Crippen LogP contribution is -2.33. The number of aromatic nitrogens is 1. The van der Waals surface area contributed by atoms with Crippen molar-refractivity contribution in [1.29, 1.82) is 0 Å². The van der Waals surface area contributed by atoms with Gasteiger partial charge in [-0.1, -0.05) is 11.6 Å². The minimum atomic E-state index is -4.21. The van der Waals surface area contributed by atoms with Crippen LogP contribution in [0.3, 0.4) is 0 Å². The molecular weight excluding hydrogens is 238 g/mol. The molecule has 1 aromatic heterocycles. The molecule has 0 bridgehead atoms. The van der Waals surface area contributed by atoms with E-state index in [1.54, 1.807) is 0 Å². The summed E-state index contributed by atoms with van der Waals surface area (Å²) in [7, 11) is 0. The standard InChI is InChI=1S/C8H6ClF4NO/c9-5-2-1-3-14-6(5)15-4-8(12,13)7(10)11/h1-3,7H,4H2.